The van der Waals surface area contributed by atoms with Crippen LogP contribution in [0.1, 0.15) is 28.8 Å². The van der Waals surface area contributed by atoms with Gasteiger partial charge in [-0.25, -0.2) is 4.79 Å². The summed E-state index contributed by atoms with van der Waals surface area (Å²) >= 11 is 0. The molecule has 0 spiro atoms. The van der Waals surface area contributed by atoms with Gasteiger partial charge in [0.1, 0.15) is 5.82 Å². The van der Waals surface area contributed by atoms with Crippen LogP contribution in [0, 0.1) is 5.92 Å². The lowest BCUT2D eigenvalue weighted by molar-refractivity contribution is -0.117. The first-order chi connectivity index (χ1) is 16.9. The molecule has 3 aromatic rings. The van der Waals surface area contributed by atoms with Crippen molar-refractivity contribution in [3.8, 4) is 0 Å². The smallest absolute Gasteiger partial charge is 0.330 e. The van der Waals surface area contributed by atoms with Crippen molar-refractivity contribution in [1.29, 1.82) is 0 Å². The summed E-state index contributed by atoms with van der Waals surface area (Å²) in [5.41, 5.74) is 6.32. The average Bonchev–Trinajstić information content (AvgIpc) is 3.70. The molecule has 1 heterocycles. The number of nitrogens with zero attached hydrogens (tertiary/aromatic N) is 2. The molecule has 182 valence electrons. The third-order valence-corrected chi connectivity index (χ3v) is 5.78. The number of anilines is 3. The second kappa shape index (κ2) is 10.4. The van der Waals surface area contributed by atoms with Crippen molar-refractivity contribution in [1.82, 2.24) is 9.55 Å². The molecule has 1 aromatic heterocycles. The zero-order valence-corrected chi connectivity index (χ0v) is 19.3. The maximum atomic E-state index is 13.6. The van der Waals surface area contributed by atoms with Gasteiger partial charge in [-0.3, -0.25) is 28.8 Å². The van der Waals surface area contributed by atoms with Gasteiger partial charge in [-0.05, 0) is 42.7 Å². The zero-order valence-electron chi connectivity index (χ0n) is 19.3. The Morgan fingerprint density at radius 2 is 1.80 bits per heavy atom. The summed E-state index contributed by atoms with van der Waals surface area (Å²) in [6, 6.07) is 15.6. The van der Waals surface area contributed by atoms with Crippen LogP contribution < -0.4 is 27.2 Å². The lowest BCUT2D eigenvalue weighted by Gasteiger charge is -2.25. The summed E-state index contributed by atoms with van der Waals surface area (Å²) in [6.07, 6.45) is 1.78. The summed E-state index contributed by atoms with van der Waals surface area (Å²) in [5.74, 6) is -0.593. The van der Waals surface area contributed by atoms with E-state index in [1.54, 1.807) is 24.3 Å². The number of rotatable bonds is 9. The van der Waals surface area contributed by atoms with Crippen molar-refractivity contribution in [3.05, 3.63) is 86.6 Å². The number of aromatic amines is 1. The first-order valence-corrected chi connectivity index (χ1v) is 11.3. The van der Waals surface area contributed by atoms with Crippen molar-refractivity contribution < 1.29 is 14.3 Å². The van der Waals surface area contributed by atoms with Crippen LogP contribution in [0.15, 0.2) is 64.2 Å². The summed E-state index contributed by atoms with van der Waals surface area (Å²) in [5, 5.41) is 2.83. The van der Waals surface area contributed by atoms with Gasteiger partial charge in [-0.15, -0.1) is 0 Å². The van der Waals surface area contributed by atoms with Crippen molar-refractivity contribution in [2.24, 2.45) is 5.92 Å². The SMILES string of the molecule is COCCn1c(N)c(N(Cc2ccccc2)C(=O)c2ccc(NC(=O)C3CC3)cc2)c(=O)[nH]c1=O. The fourth-order valence-electron chi connectivity index (χ4n) is 3.70. The van der Waals surface area contributed by atoms with Gasteiger partial charge in [-0.1, -0.05) is 30.3 Å². The Labute approximate surface area is 201 Å². The quantitative estimate of drug-likeness (QED) is 0.431. The number of methoxy groups -OCH3 is 1. The number of aromatic nitrogens is 2. The van der Waals surface area contributed by atoms with Crippen LogP contribution in [0.25, 0.3) is 0 Å². The molecule has 1 aliphatic rings. The maximum absolute atomic E-state index is 13.6. The molecule has 4 rings (SSSR count). The van der Waals surface area contributed by atoms with Crippen molar-refractivity contribution >= 4 is 29.0 Å². The minimum atomic E-state index is -0.765. The van der Waals surface area contributed by atoms with Crippen molar-refractivity contribution in [2.75, 3.05) is 29.7 Å². The van der Waals surface area contributed by atoms with Gasteiger partial charge in [0.15, 0.2) is 5.69 Å². The van der Waals surface area contributed by atoms with E-state index in [1.807, 2.05) is 30.3 Å². The molecule has 0 bridgehead atoms. The van der Waals surface area contributed by atoms with Crippen molar-refractivity contribution in [3.63, 3.8) is 0 Å². The van der Waals surface area contributed by atoms with E-state index in [9.17, 15) is 19.2 Å². The highest BCUT2D eigenvalue weighted by atomic mass is 16.5. The van der Waals surface area contributed by atoms with E-state index in [0.29, 0.717) is 11.3 Å². The van der Waals surface area contributed by atoms with Crippen LogP contribution in [0.4, 0.5) is 17.2 Å². The van der Waals surface area contributed by atoms with E-state index in [1.165, 1.54) is 16.6 Å². The highest BCUT2D eigenvalue weighted by Crippen LogP contribution is 2.30. The highest BCUT2D eigenvalue weighted by molar-refractivity contribution is 6.07. The molecule has 0 aliphatic heterocycles. The maximum Gasteiger partial charge on any atom is 0.330 e. The average molecular weight is 478 g/mol. The minimum Gasteiger partial charge on any atom is -0.383 e. The van der Waals surface area contributed by atoms with E-state index < -0.39 is 17.2 Å². The predicted octanol–water partition coefficient (Wildman–Crippen LogP) is 1.96. The first-order valence-electron chi connectivity index (χ1n) is 11.3. The highest BCUT2D eigenvalue weighted by Gasteiger charge is 2.30. The standard InChI is InChI=1S/C25H27N5O5/c1-35-14-13-29-21(26)20(23(32)28-25(29)34)30(15-16-5-3-2-4-6-16)24(33)18-9-11-19(12-10-18)27-22(31)17-7-8-17/h2-6,9-12,17H,7-8,13-15,26H2,1H3,(H,27,31)(H,28,32,34). The molecule has 1 aliphatic carbocycles. The number of nitrogens with one attached hydrogen (secondary N) is 2. The lowest BCUT2D eigenvalue weighted by atomic mass is 10.1. The van der Waals surface area contributed by atoms with E-state index in [0.717, 1.165) is 18.4 Å². The third-order valence-electron chi connectivity index (χ3n) is 5.78. The molecule has 0 unspecified atom stereocenters. The largest absolute Gasteiger partial charge is 0.383 e. The Kier molecular flexibility index (Phi) is 7.11. The van der Waals surface area contributed by atoms with E-state index in [-0.39, 0.29) is 43.0 Å². The number of ether oxygens (including phenoxy) is 1. The zero-order chi connectivity index (χ0) is 24.9. The lowest BCUT2D eigenvalue weighted by Crippen LogP contribution is -2.41. The number of benzene rings is 2. The Morgan fingerprint density at radius 1 is 1.11 bits per heavy atom. The molecule has 4 N–H and O–H groups in total. The number of carbonyl (C=O) groups is 2. The number of nitrogens with two attached hydrogens (primary N) is 1. The Bertz CT molecular complexity index is 1330. The van der Waals surface area contributed by atoms with Crippen molar-refractivity contribution in [2.45, 2.75) is 25.9 Å². The Balaban J connectivity index is 1.71. The van der Waals surface area contributed by atoms with Crippen LogP contribution in [-0.4, -0.2) is 35.1 Å². The van der Waals surface area contributed by atoms with Crippen LogP contribution in [0.3, 0.4) is 0 Å². The Hall–Kier alpha value is -4.18. The van der Waals surface area contributed by atoms with Gasteiger partial charge in [0.2, 0.25) is 5.91 Å². The van der Waals surface area contributed by atoms with E-state index in [2.05, 4.69) is 10.3 Å². The molecule has 1 fully saturated rings. The number of carbonyl (C=O) groups excluding carboxylic acids is 2. The summed E-state index contributed by atoms with van der Waals surface area (Å²) in [6.45, 7) is 0.347. The fraction of sp³-hybridized carbons (Fsp3) is 0.280. The van der Waals surface area contributed by atoms with Gasteiger partial charge in [0, 0.05) is 24.3 Å². The molecule has 0 saturated heterocycles. The number of hydrogen-bond acceptors (Lipinski definition) is 6. The molecule has 2 aromatic carbocycles. The fourth-order valence-corrected chi connectivity index (χ4v) is 3.70. The van der Waals surface area contributed by atoms with Crippen LogP contribution in [0.5, 0.6) is 0 Å². The summed E-state index contributed by atoms with van der Waals surface area (Å²) in [4.78, 5) is 54.4. The third kappa shape index (κ3) is 5.49. The number of nitrogen functional groups attached to an aromatic ring is 1. The molecular formula is C25H27N5O5. The normalized spacial score (nSPS) is 12.8. The summed E-state index contributed by atoms with van der Waals surface area (Å²) in [7, 11) is 1.48. The van der Waals surface area contributed by atoms with E-state index in [4.69, 9.17) is 10.5 Å². The van der Waals surface area contributed by atoms with Gasteiger partial charge in [-0.2, -0.15) is 0 Å². The first kappa shape index (κ1) is 24.0. The van der Waals surface area contributed by atoms with Crippen LogP contribution in [0.2, 0.25) is 0 Å². The van der Waals surface area contributed by atoms with E-state index >= 15 is 0 Å². The molecule has 1 saturated carbocycles. The molecule has 0 atom stereocenters. The molecule has 0 radical (unpaired) electrons. The van der Waals surface area contributed by atoms with Crippen LogP contribution in [-0.2, 0) is 22.6 Å². The van der Waals surface area contributed by atoms with Gasteiger partial charge >= 0.3 is 5.69 Å². The monoisotopic (exact) mass is 477 g/mol. The molecule has 35 heavy (non-hydrogen) atoms. The van der Waals surface area contributed by atoms with Gasteiger partial charge in [0.25, 0.3) is 11.5 Å². The number of amides is 2. The predicted molar refractivity (Wildman–Crippen MR) is 132 cm³/mol. The molecule has 2 amide bonds. The number of H-pyrrole nitrogens is 1. The second-order valence-corrected chi connectivity index (χ2v) is 8.36. The summed E-state index contributed by atoms with van der Waals surface area (Å²) < 4.78 is 6.21. The molecule has 10 heteroatoms. The topological polar surface area (TPSA) is 140 Å². The number of hydrogen-bond donors (Lipinski definition) is 3. The minimum absolute atomic E-state index is 0.0348. The van der Waals surface area contributed by atoms with Gasteiger partial charge < -0.3 is 15.8 Å². The molecule has 10 nitrogen and oxygen atoms in total. The molecular weight excluding hydrogens is 450 g/mol. The van der Waals surface area contributed by atoms with Gasteiger partial charge in [0.05, 0.1) is 19.7 Å². The Morgan fingerprint density at radius 3 is 2.43 bits per heavy atom. The second-order valence-electron chi connectivity index (χ2n) is 8.36. The van der Waals surface area contributed by atoms with Crippen LogP contribution >= 0.6 is 0 Å².